The van der Waals surface area contributed by atoms with E-state index in [0.29, 0.717) is 5.69 Å². The number of carbonyl (C=O) groups is 2. The molecule has 1 atom stereocenters. The van der Waals surface area contributed by atoms with Gasteiger partial charge in [0.05, 0.1) is 23.5 Å². The van der Waals surface area contributed by atoms with Crippen molar-refractivity contribution in [3.05, 3.63) is 59.4 Å². The average molecular weight is 364 g/mol. The van der Waals surface area contributed by atoms with Crippen LogP contribution in [0.1, 0.15) is 23.9 Å². The minimum atomic E-state index is -0.647. The van der Waals surface area contributed by atoms with Gasteiger partial charge < -0.3 is 10.6 Å². The van der Waals surface area contributed by atoms with Crippen LogP contribution in [-0.2, 0) is 23.1 Å². The van der Waals surface area contributed by atoms with E-state index in [4.69, 9.17) is 0 Å². The van der Waals surface area contributed by atoms with Gasteiger partial charge >= 0.3 is 0 Å². The molecule has 0 saturated carbocycles. The molecule has 27 heavy (non-hydrogen) atoms. The van der Waals surface area contributed by atoms with Gasteiger partial charge in [-0.3, -0.25) is 14.3 Å². The molecule has 1 aromatic heterocycles. The average Bonchev–Trinajstić information content (AvgIpc) is 2.88. The van der Waals surface area contributed by atoms with E-state index in [1.54, 1.807) is 11.6 Å². The van der Waals surface area contributed by atoms with E-state index in [1.807, 2.05) is 63.4 Å². The van der Waals surface area contributed by atoms with E-state index in [1.165, 1.54) is 0 Å². The summed E-state index contributed by atoms with van der Waals surface area (Å²) in [5.74, 6) is -0.450. The second-order valence-corrected chi connectivity index (χ2v) is 6.76. The molecule has 0 aliphatic rings. The number of carbonyl (C=O) groups excluding carboxylic acids is 2. The highest BCUT2D eigenvalue weighted by Gasteiger charge is 2.19. The van der Waals surface area contributed by atoms with Gasteiger partial charge in [-0.05, 0) is 37.1 Å². The normalized spacial score (nSPS) is 12.0. The predicted molar refractivity (Wildman–Crippen MR) is 107 cm³/mol. The van der Waals surface area contributed by atoms with E-state index in [-0.39, 0.29) is 18.2 Å². The van der Waals surface area contributed by atoms with Crippen molar-refractivity contribution in [1.82, 2.24) is 15.1 Å². The summed E-state index contributed by atoms with van der Waals surface area (Å²) in [5.41, 5.74) is 3.25. The largest absolute Gasteiger partial charge is 0.344 e. The topological polar surface area (TPSA) is 76.0 Å². The molecule has 0 saturated heterocycles. The molecule has 0 fully saturated rings. The number of benzene rings is 2. The smallest absolute Gasteiger partial charge is 0.246 e. The summed E-state index contributed by atoms with van der Waals surface area (Å²) in [6, 6.07) is 13.2. The van der Waals surface area contributed by atoms with Gasteiger partial charge in [-0.15, -0.1) is 0 Å². The van der Waals surface area contributed by atoms with Gasteiger partial charge in [0.2, 0.25) is 11.8 Å². The molecule has 0 spiro atoms. The maximum atomic E-state index is 12.5. The molecule has 6 heteroatoms. The lowest BCUT2D eigenvalue weighted by Gasteiger charge is -2.15. The van der Waals surface area contributed by atoms with Crippen LogP contribution in [-0.4, -0.2) is 27.6 Å². The van der Waals surface area contributed by atoms with E-state index in [9.17, 15) is 9.59 Å². The highest BCUT2D eigenvalue weighted by Crippen LogP contribution is 2.20. The van der Waals surface area contributed by atoms with Crippen LogP contribution < -0.4 is 10.6 Å². The maximum absolute atomic E-state index is 12.5. The van der Waals surface area contributed by atoms with Crippen molar-refractivity contribution in [3.63, 3.8) is 0 Å². The zero-order valence-corrected chi connectivity index (χ0v) is 16.0. The van der Waals surface area contributed by atoms with Gasteiger partial charge in [0.1, 0.15) is 6.04 Å². The molecule has 0 radical (unpaired) electrons. The number of aromatic nitrogens is 2. The van der Waals surface area contributed by atoms with Crippen LogP contribution in [0.3, 0.4) is 0 Å². The second-order valence-electron chi connectivity index (χ2n) is 6.76. The summed E-state index contributed by atoms with van der Waals surface area (Å²) in [5, 5.41) is 12.1. The third-order valence-corrected chi connectivity index (χ3v) is 4.76. The fourth-order valence-corrected chi connectivity index (χ4v) is 3.16. The summed E-state index contributed by atoms with van der Waals surface area (Å²) in [4.78, 5) is 24.9. The lowest BCUT2D eigenvalue weighted by atomic mass is 10.0. The van der Waals surface area contributed by atoms with Crippen molar-refractivity contribution in [2.45, 2.75) is 33.2 Å². The number of fused-ring (bicyclic) bond motifs is 1. The second kappa shape index (κ2) is 7.61. The van der Waals surface area contributed by atoms with Crippen LogP contribution in [0.5, 0.6) is 0 Å². The van der Waals surface area contributed by atoms with Crippen molar-refractivity contribution in [3.8, 4) is 0 Å². The number of hydrogen-bond donors (Lipinski definition) is 2. The van der Waals surface area contributed by atoms with E-state index in [2.05, 4.69) is 15.7 Å². The van der Waals surface area contributed by atoms with Gasteiger partial charge in [-0.2, -0.15) is 5.10 Å². The predicted octanol–water partition coefficient (Wildman–Crippen LogP) is 2.88. The van der Waals surface area contributed by atoms with Crippen LogP contribution in [0.15, 0.2) is 42.5 Å². The summed E-state index contributed by atoms with van der Waals surface area (Å²) < 4.78 is 1.72. The Labute approximate surface area is 158 Å². The number of rotatable bonds is 5. The van der Waals surface area contributed by atoms with Crippen LogP contribution in [0.2, 0.25) is 0 Å². The molecule has 2 N–H and O–H groups in total. The Morgan fingerprint density at radius 1 is 1.11 bits per heavy atom. The number of nitrogens with zero attached hydrogens (tertiary/aromatic N) is 2. The maximum Gasteiger partial charge on any atom is 0.246 e. The van der Waals surface area contributed by atoms with Crippen molar-refractivity contribution in [2.24, 2.45) is 7.05 Å². The molecule has 2 aromatic carbocycles. The lowest BCUT2D eigenvalue weighted by Crippen LogP contribution is -2.42. The number of hydrogen-bond acceptors (Lipinski definition) is 3. The lowest BCUT2D eigenvalue weighted by molar-refractivity contribution is -0.125. The van der Waals surface area contributed by atoms with Gasteiger partial charge in [0.25, 0.3) is 0 Å². The highest BCUT2D eigenvalue weighted by molar-refractivity contribution is 5.98. The zero-order chi connectivity index (χ0) is 19.6. The zero-order valence-electron chi connectivity index (χ0n) is 16.0. The molecular weight excluding hydrogens is 340 g/mol. The van der Waals surface area contributed by atoms with E-state index < -0.39 is 6.04 Å². The summed E-state index contributed by atoms with van der Waals surface area (Å²) >= 11 is 0. The molecular formula is C21H24N4O2. The molecule has 0 aliphatic carbocycles. The Morgan fingerprint density at radius 2 is 1.81 bits per heavy atom. The standard InChI is InChI=1S/C21H24N4O2/c1-13-20(15(3)25(4)24-13)23-21(27)14(2)22-19(26)12-17-10-7-9-16-8-5-6-11-18(16)17/h5-11,14H,12H2,1-4H3,(H,22,26)(H,23,27). The fourth-order valence-electron chi connectivity index (χ4n) is 3.16. The molecule has 6 nitrogen and oxygen atoms in total. The third-order valence-electron chi connectivity index (χ3n) is 4.76. The quantitative estimate of drug-likeness (QED) is 0.731. The third kappa shape index (κ3) is 4.00. The SMILES string of the molecule is Cc1nn(C)c(C)c1NC(=O)C(C)NC(=O)Cc1cccc2ccccc12. The Kier molecular flexibility index (Phi) is 5.26. The van der Waals surface area contributed by atoms with Crippen molar-refractivity contribution < 1.29 is 9.59 Å². The molecule has 0 bridgehead atoms. The molecule has 2 amide bonds. The first kappa shape index (κ1) is 18.6. The van der Waals surface area contributed by atoms with E-state index >= 15 is 0 Å². The molecule has 0 aliphatic heterocycles. The number of aryl methyl sites for hydroxylation is 2. The number of nitrogens with one attached hydrogen (secondary N) is 2. The van der Waals surface area contributed by atoms with Crippen LogP contribution in [0.4, 0.5) is 5.69 Å². The van der Waals surface area contributed by atoms with Crippen LogP contribution in [0.25, 0.3) is 10.8 Å². The Bertz CT molecular complexity index is 1000. The fraction of sp³-hybridized carbons (Fsp3) is 0.286. The van der Waals surface area contributed by atoms with Gasteiger partial charge in [0, 0.05) is 7.05 Å². The number of anilines is 1. The summed E-state index contributed by atoms with van der Waals surface area (Å²) in [6.45, 7) is 5.41. The molecule has 1 heterocycles. The van der Waals surface area contributed by atoms with Gasteiger partial charge in [0.15, 0.2) is 0 Å². The Morgan fingerprint density at radius 3 is 2.52 bits per heavy atom. The molecule has 140 valence electrons. The van der Waals surface area contributed by atoms with Crippen molar-refractivity contribution in [1.29, 1.82) is 0 Å². The van der Waals surface area contributed by atoms with E-state index in [0.717, 1.165) is 27.7 Å². The Balaban J connectivity index is 1.65. The van der Waals surface area contributed by atoms with Crippen LogP contribution >= 0.6 is 0 Å². The van der Waals surface area contributed by atoms with Crippen LogP contribution in [0, 0.1) is 13.8 Å². The van der Waals surface area contributed by atoms with Crippen molar-refractivity contribution in [2.75, 3.05) is 5.32 Å². The first-order chi connectivity index (χ1) is 12.9. The monoisotopic (exact) mass is 364 g/mol. The summed E-state index contributed by atoms with van der Waals surface area (Å²) in [6.07, 6.45) is 0.226. The molecule has 3 aromatic rings. The minimum Gasteiger partial charge on any atom is -0.344 e. The highest BCUT2D eigenvalue weighted by atomic mass is 16.2. The van der Waals surface area contributed by atoms with Crippen molar-refractivity contribution >= 4 is 28.3 Å². The van der Waals surface area contributed by atoms with Gasteiger partial charge in [-0.25, -0.2) is 0 Å². The number of amides is 2. The Hall–Kier alpha value is -3.15. The molecule has 1 unspecified atom stereocenters. The first-order valence-electron chi connectivity index (χ1n) is 8.94. The van der Waals surface area contributed by atoms with Gasteiger partial charge in [-0.1, -0.05) is 42.5 Å². The molecule has 3 rings (SSSR count). The first-order valence-corrected chi connectivity index (χ1v) is 8.94. The minimum absolute atomic E-state index is 0.186. The summed E-state index contributed by atoms with van der Waals surface area (Å²) in [7, 11) is 1.83.